The number of benzene rings is 2. The first-order valence-corrected chi connectivity index (χ1v) is 14.0. The van der Waals surface area contributed by atoms with Crippen molar-refractivity contribution in [1.29, 1.82) is 0 Å². The van der Waals surface area contributed by atoms with Crippen LogP contribution in [0.3, 0.4) is 0 Å². The summed E-state index contributed by atoms with van der Waals surface area (Å²) in [6, 6.07) is 13.0. The number of nitrogens with zero attached hydrogens (tertiary/aromatic N) is 3. The Balaban J connectivity index is 1.71. The molecule has 1 amide bonds. The van der Waals surface area contributed by atoms with E-state index < -0.39 is 10.0 Å². The second-order valence-corrected chi connectivity index (χ2v) is 11.3. The molecule has 0 radical (unpaired) electrons. The van der Waals surface area contributed by atoms with E-state index in [2.05, 4.69) is 0 Å². The summed E-state index contributed by atoms with van der Waals surface area (Å²) in [6.45, 7) is 2.57. The lowest BCUT2D eigenvalue weighted by atomic mass is 10.2. The Morgan fingerprint density at radius 3 is 2.38 bits per heavy atom. The normalized spacial score (nSPS) is 11.7. The third-order valence-corrected chi connectivity index (χ3v) is 8.87. The van der Waals surface area contributed by atoms with Crippen LogP contribution in [0.1, 0.15) is 35.9 Å². The molecule has 196 valence electrons. The van der Waals surface area contributed by atoms with Crippen LogP contribution in [0.2, 0.25) is 0 Å². The fraction of sp³-hybridized carbons (Fsp3) is 0.308. The summed E-state index contributed by atoms with van der Waals surface area (Å²) in [6.07, 6.45) is 3.20. The number of fused-ring (bicyclic) bond motifs is 1. The van der Waals surface area contributed by atoms with Gasteiger partial charge in [-0.25, -0.2) is 17.7 Å². The summed E-state index contributed by atoms with van der Waals surface area (Å²) < 4.78 is 44.3. The number of unbranched alkanes of at least 4 members (excludes halogenated alkanes) is 1. The van der Waals surface area contributed by atoms with E-state index in [1.165, 1.54) is 51.1 Å². The van der Waals surface area contributed by atoms with Gasteiger partial charge in [-0.1, -0.05) is 24.7 Å². The molecule has 2 heterocycles. The number of carbonyl (C=O) groups excluding carboxylic acids is 1. The van der Waals surface area contributed by atoms with Crippen molar-refractivity contribution in [2.45, 2.75) is 31.2 Å². The Morgan fingerprint density at radius 2 is 1.76 bits per heavy atom. The van der Waals surface area contributed by atoms with Crippen LogP contribution in [0.5, 0.6) is 11.5 Å². The molecule has 0 fully saturated rings. The van der Waals surface area contributed by atoms with E-state index >= 15 is 0 Å². The van der Waals surface area contributed by atoms with Crippen molar-refractivity contribution >= 4 is 42.6 Å². The number of anilines is 1. The van der Waals surface area contributed by atoms with Crippen LogP contribution in [0.25, 0.3) is 10.2 Å². The monoisotopic (exact) mass is 543 g/mol. The Hall–Kier alpha value is -3.41. The van der Waals surface area contributed by atoms with Gasteiger partial charge in [-0.15, -0.1) is 0 Å². The van der Waals surface area contributed by atoms with Crippen LogP contribution in [-0.4, -0.2) is 51.4 Å². The van der Waals surface area contributed by atoms with E-state index in [0.717, 1.165) is 17.5 Å². The van der Waals surface area contributed by atoms with E-state index in [1.807, 2.05) is 6.92 Å². The van der Waals surface area contributed by atoms with E-state index in [1.54, 1.807) is 45.5 Å². The van der Waals surface area contributed by atoms with Gasteiger partial charge in [-0.3, -0.25) is 9.69 Å². The van der Waals surface area contributed by atoms with Crippen molar-refractivity contribution in [2.24, 2.45) is 0 Å². The number of furan rings is 1. The number of methoxy groups -OCH3 is 2. The molecule has 0 saturated heterocycles. The van der Waals surface area contributed by atoms with E-state index in [-0.39, 0.29) is 17.3 Å². The SMILES string of the molecule is CCCCN(C)S(=O)(=O)c1ccc(C(=O)N(Cc2ccco2)c2nc3c(OC)ccc(OC)c3s2)cc1. The van der Waals surface area contributed by atoms with Crippen LogP contribution < -0.4 is 14.4 Å². The maximum Gasteiger partial charge on any atom is 0.260 e. The van der Waals surface area contributed by atoms with Gasteiger partial charge in [0.05, 0.1) is 31.9 Å². The van der Waals surface area contributed by atoms with Gasteiger partial charge in [0.1, 0.15) is 27.5 Å². The number of aromatic nitrogens is 1. The highest BCUT2D eigenvalue weighted by Gasteiger charge is 2.26. The highest BCUT2D eigenvalue weighted by Crippen LogP contribution is 2.40. The standard InChI is InChI=1S/C26H29N3O6S2/c1-5-6-15-28(2)37(31,32)20-11-9-18(10-12-20)25(30)29(17-19-8-7-16-35-19)26-27-23-21(33-3)13-14-22(34-4)24(23)36-26/h7-14,16H,5-6,15,17H2,1-4H3. The molecule has 2 aromatic heterocycles. The molecule has 0 spiro atoms. The van der Waals surface area contributed by atoms with Crippen LogP contribution in [0, 0.1) is 0 Å². The van der Waals surface area contributed by atoms with Gasteiger partial charge in [-0.2, -0.15) is 0 Å². The predicted octanol–water partition coefficient (Wildman–Crippen LogP) is 5.17. The number of rotatable bonds is 11. The zero-order valence-corrected chi connectivity index (χ0v) is 22.8. The molecular formula is C26H29N3O6S2. The summed E-state index contributed by atoms with van der Waals surface area (Å²) >= 11 is 1.29. The third kappa shape index (κ3) is 5.48. The van der Waals surface area contributed by atoms with Crippen LogP contribution in [-0.2, 0) is 16.6 Å². The summed E-state index contributed by atoms with van der Waals surface area (Å²) in [5, 5.41) is 0.426. The highest BCUT2D eigenvalue weighted by atomic mass is 32.2. The first kappa shape index (κ1) is 26.6. The Kier molecular flexibility index (Phi) is 8.16. The first-order chi connectivity index (χ1) is 17.8. The fourth-order valence-corrected chi connectivity index (χ4v) is 6.06. The first-order valence-electron chi connectivity index (χ1n) is 11.7. The smallest absolute Gasteiger partial charge is 0.260 e. The van der Waals surface area contributed by atoms with Gasteiger partial charge >= 0.3 is 0 Å². The predicted molar refractivity (Wildman–Crippen MR) is 143 cm³/mol. The maximum absolute atomic E-state index is 13.7. The van der Waals surface area contributed by atoms with Gasteiger partial charge < -0.3 is 13.9 Å². The molecule has 0 atom stereocenters. The molecular weight excluding hydrogens is 514 g/mol. The number of hydrogen-bond donors (Lipinski definition) is 0. The van der Waals surface area contributed by atoms with Gasteiger partial charge in [0.15, 0.2) is 5.13 Å². The van der Waals surface area contributed by atoms with Crippen molar-refractivity contribution < 1.29 is 27.1 Å². The minimum absolute atomic E-state index is 0.134. The van der Waals surface area contributed by atoms with Gasteiger partial charge in [0.25, 0.3) is 5.91 Å². The minimum Gasteiger partial charge on any atom is -0.495 e. The lowest BCUT2D eigenvalue weighted by Crippen LogP contribution is -2.30. The molecule has 0 aliphatic carbocycles. The Labute approximate surface area is 220 Å². The summed E-state index contributed by atoms with van der Waals surface area (Å²) in [5.74, 6) is 1.40. The summed E-state index contributed by atoms with van der Waals surface area (Å²) in [7, 11) is 1.04. The topological polar surface area (TPSA) is 102 Å². The van der Waals surface area contributed by atoms with Crippen LogP contribution in [0.4, 0.5) is 5.13 Å². The lowest BCUT2D eigenvalue weighted by molar-refractivity contribution is 0.0983. The molecule has 0 bridgehead atoms. The van der Waals surface area contributed by atoms with Crippen LogP contribution >= 0.6 is 11.3 Å². The maximum atomic E-state index is 13.7. The third-order valence-electron chi connectivity index (χ3n) is 5.91. The number of sulfonamides is 1. The molecule has 0 unspecified atom stereocenters. The molecule has 2 aromatic carbocycles. The molecule has 4 rings (SSSR count). The highest BCUT2D eigenvalue weighted by molar-refractivity contribution is 7.89. The van der Waals surface area contributed by atoms with Gasteiger partial charge in [0.2, 0.25) is 10.0 Å². The number of thiazole rings is 1. The quantitative estimate of drug-likeness (QED) is 0.257. The molecule has 9 nitrogen and oxygen atoms in total. The molecule has 11 heteroatoms. The fourth-order valence-electron chi connectivity index (χ4n) is 3.78. The van der Waals surface area contributed by atoms with Crippen molar-refractivity contribution in [1.82, 2.24) is 9.29 Å². The molecule has 37 heavy (non-hydrogen) atoms. The van der Waals surface area contributed by atoms with E-state index in [9.17, 15) is 13.2 Å². The lowest BCUT2D eigenvalue weighted by Gasteiger charge is -2.20. The van der Waals surface area contributed by atoms with Gasteiger partial charge in [0, 0.05) is 19.2 Å². The minimum atomic E-state index is -3.64. The molecule has 0 N–H and O–H groups in total. The summed E-state index contributed by atoms with van der Waals surface area (Å²) in [4.78, 5) is 20.1. The van der Waals surface area contributed by atoms with Crippen molar-refractivity contribution in [3.8, 4) is 11.5 Å². The molecule has 4 aromatic rings. The average Bonchev–Trinajstić information content (AvgIpc) is 3.59. The van der Waals surface area contributed by atoms with Gasteiger partial charge in [-0.05, 0) is 55.0 Å². The summed E-state index contributed by atoms with van der Waals surface area (Å²) in [5.41, 5.74) is 0.899. The second kappa shape index (κ2) is 11.3. The largest absolute Gasteiger partial charge is 0.495 e. The number of amides is 1. The number of ether oxygens (including phenoxy) is 2. The van der Waals surface area contributed by atoms with E-state index in [4.69, 9.17) is 18.9 Å². The zero-order valence-electron chi connectivity index (χ0n) is 21.1. The second-order valence-electron chi connectivity index (χ2n) is 8.32. The van der Waals surface area contributed by atoms with Crippen molar-refractivity contribution in [2.75, 3.05) is 32.7 Å². The van der Waals surface area contributed by atoms with Crippen LogP contribution in [0.15, 0.2) is 64.1 Å². The molecule has 0 saturated carbocycles. The molecule has 0 aliphatic heterocycles. The average molecular weight is 544 g/mol. The molecule has 0 aliphatic rings. The number of hydrogen-bond acceptors (Lipinski definition) is 8. The Morgan fingerprint density at radius 1 is 1.05 bits per heavy atom. The Bertz CT molecular complexity index is 1420. The van der Waals surface area contributed by atoms with E-state index in [0.29, 0.717) is 40.0 Å². The van der Waals surface area contributed by atoms with Crippen molar-refractivity contribution in [3.05, 3.63) is 66.1 Å². The van der Waals surface area contributed by atoms with Crippen molar-refractivity contribution in [3.63, 3.8) is 0 Å². The zero-order chi connectivity index (χ0) is 26.6. The number of carbonyl (C=O) groups is 1.